The van der Waals surface area contributed by atoms with Crippen LogP contribution in [0.5, 0.6) is 5.75 Å². The smallest absolute Gasteiger partial charge is 0.318 e. The van der Waals surface area contributed by atoms with E-state index >= 15 is 4.39 Å². The zero-order chi connectivity index (χ0) is 34.0. The number of aromatic nitrogens is 2. The van der Waals surface area contributed by atoms with Crippen LogP contribution in [-0.4, -0.2) is 64.9 Å². The van der Waals surface area contributed by atoms with Crippen molar-refractivity contribution in [3.05, 3.63) is 90.0 Å². The number of morpholine rings is 1. The van der Waals surface area contributed by atoms with Crippen LogP contribution in [0, 0.1) is 18.6 Å². The van der Waals surface area contributed by atoms with Crippen LogP contribution in [0.25, 0.3) is 33.4 Å². The minimum absolute atomic E-state index is 0.0804. The molecule has 2 heterocycles. The molecule has 248 valence electrons. The lowest BCUT2D eigenvalue weighted by molar-refractivity contribution is 0.122. The lowest BCUT2D eigenvalue weighted by Gasteiger charge is -2.29. The van der Waals surface area contributed by atoms with Crippen LogP contribution in [0.1, 0.15) is 5.56 Å². The molecule has 1 aliphatic rings. The van der Waals surface area contributed by atoms with Crippen LogP contribution in [0.4, 0.5) is 30.8 Å². The SMILES string of the molecule is CNC(=O)Nc1ccc(-c2nc(N3CCOCC3)c3cc(-c4cccc(NS(=O)(=O)c5c(C)cccc5F)c4F)cc(OC)c3n2)cc1. The van der Waals surface area contributed by atoms with Crippen LogP contribution < -0.4 is 25.0 Å². The van der Waals surface area contributed by atoms with E-state index in [1.165, 1.54) is 51.4 Å². The third-order valence-corrected chi connectivity index (χ3v) is 9.43. The molecular weight excluding hydrogens is 642 g/mol. The van der Waals surface area contributed by atoms with Crippen molar-refractivity contribution in [2.75, 3.05) is 55.4 Å². The van der Waals surface area contributed by atoms with Gasteiger partial charge in [0.15, 0.2) is 11.6 Å². The second-order valence-electron chi connectivity index (χ2n) is 11.0. The molecule has 1 aromatic heterocycles. The Kier molecular flexibility index (Phi) is 9.11. The van der Waals surface area contributed by atoms with Crippen molar-refractivity contribution in [3.63, 3.8) is 0 Å². The normalized spacial score (nSPS) is 13.3. The number of amides is 2. The third kappa shape index (κ3) is 6.44. The summed E-state index contributed by atoms with van der Waals surface area (Å²) in [7, 11) is -1.45. The van der Waals surface area contributed by atoms with Crippen molar-refractivity contribution in [1.82, 2.24) is 15.3 Å². The number of fused-ring (bicyclic) bond motifs is 1. The van der Waals surface area contributed by atoms with Gasteiger partial charge in [-0.25, -0.2) is 32.0 Å². The number of benzene rings is 4. The Bertz CT molecular complexity index is 2100. The van der Waals surface area contributed by atoms with Gasteiger partial charge in [-0.2, -0.15) is 0 Å². The molecule has 4 aromatic carbocycles. The van der Waals surface area contributed by atoms with E-state index < -0.39 is 26.6 Å². The summed E-state index contributed by atoms with van der Waals surface area (Å²) in [5, 5.41) is 5.81. The Hall–Kier alpha value is -5.34. The topological polar surface area (TPSA) is 135 Å². The maximum absolute atomic E-state index is 16.2. The number of halogens is 2. The van der Waals surface area contributed by atoms with Gasteiger partial charge >= 0.3 is 6.03 Å². The van der Waals surface area contributed by atoms with E-state index in [-0.39, 0.29) is 22.8 Å². The van der Waals surface area contributed by atoms with Crippen molar-refractivity contribution < 1.29 is 31.5 Å². The molecule has 5 aromatic rings. The minimum atomic E-state index is -4.46. The highest BCUT2D eigenvalue weighted by atomic mass is 32.2. The number of carbonyl (C=O) groups excluding carboxylic acids is 1. The van der Waals surface area contributed by atoms with Gasteiger partial charge in [0.25, 0.3) is 10.0 Å². The predicted molar refractivity (Wildman–Crippen MR) is 180 cm³/mol. The molecule has 14 heteroatoms. The number of methoxy groups -OCH3 is 1. The number of hydrogen-bond acceptors (Lipinski definition) is 8. The molecule has 0 atom stereocenters. The van der Waals surface area contributed by atoms with E-state index in [2.05, 4.69) is 20.3 Å². The van der Waals surface area contributed by atoms with E-state index in [1.54, 1.807) is 36.4 Å². The molecule has 48 heavy (non-hydrogen) atoms. The standard InChI is InChI=1S/C34H32F2N6O5S/c1-20-6-4-8-26(35)31(20)48(44,45)41-27-9-5-7-24(29(27)36)22-18-25-30(28(19-22)46-3)39-32(40-33(25)42-14-16-47-17-15-42)21-10-12-23(13-11-21)38-34(43)37-2/h4-13,18-19,41H,14-17H2,1-3H3,(H2,37,38,43). The Morgan fingerprint density at radius 2 is 1.69 bits per heavy atom. The summed E-state index contributed by atoms with van der Waals surface area (Å²) >= 11 is 0. The van der Waals surface area contributed by atoms with Crippen molar-refractivity contribution in [1.29, 1.82) is 0 Å². The lowest BCUT2D eigenvalue weighted by atomic mass is 10.0. The molecule has 1 saturated heterocycles. The number of carbonyl (C=O) groups is 1. The summed E-state index contributed by atoms with van der Waals surface area (Å²) in [6.45, 7) is 3.53. The van der Waals surface area contributed by atoms with Gasteiger partial charge in [-0.05, 0) is 66.6 Å². The van der Waals surface area contributed by atoms with Crippen LogP contribution in [0.3, 0.4) is 0 Å². The maximum atomic E-state index is 16.2. The monoisotopic (exact) mass is 674 g/mol. The quantitative estimate of drug-likeness (QED) is 0.184. The van der Waals surface area contributed by atoms with Crippen molar-refractivity contribution in [2.24, 2.45) is 0 Å². The first-order chi connectivity index (χ1) is 23.1. The fourth-order valence-electron chi connectivity index (χ4n) is 5.52. The highest BCUT2D eigenvalue weighted by Gasteiger charge is 2.25. The van der Waals surface area contributed by atoms with Gasteiger partial charge < -0.3 is 25.0 Å². The number of sulfonamides is 1. The third-order valence-electron chi connectivity index (χ3n) is 7.89. The molecule has 11 nitrogen and oxygen atoms in total. The van der Waals surface area contributed by atoms with E-state index in [4.69, 9.17) is 19.4 Å². The van der Waals surface area contributed by atoms with Crippen LogP contribution in [0.15, 0.2) is 77.7 Å². The summed E-state index contributed by atoms with van der Waals surface area (Å²) in [5.74, 6) is -0.464. The molecule has 2 amide bonds. The number of nitrogens with zero attached hydrogens (tertiary/aromatic N) is 3. The predicted octanol–water partition coefficient (Wildman–Crippen LogP) is 5.95. The van der Waals surface area contributed by atoms with Crippen LogP contribution >= 0.6 is 0 Å². The van der Waals surface area contributed by atoms with Gasteiger partial charge in [0.1, 0.15) is 27.8 Å². The van der Waals surface area contributed by atoms with E-state index in [0.717, 1.165) is 6.07 Å². The molecule has 0 saturated carbocycles. The van der Waals surface area contributed by atoms with Gasteiger partial charge in [0, 0.05) is 42.3 Å². The van der Waals surface area contributed by atoms with E-state index in [0.29, 0.717) is 71.4 Å². The van der Waals surface area contributed by atoms with Crippen molar-refractivity contribution in [2.45, 2.75) is 11.8 Å². The van der Waals surface area contributed by atoms with E-state index in [1.807, 2.05) is 0 Å². The minimum Gasteiger partial charge on any atom is -0.494 e. The molecule has 1 fully saturated rings. The van der Waals surface area contributed by atoms with Crippen molar-refractivity contribution >= 4 is 44.1 Å². The molecule has 6 rings (SSSR count). The number of rotatable bonds is 8. The number of ether oxygens (including phenoxy) is 2. The summed E-state index contributed by atoms with van der Waals surface area (Å²) < 4.78 is 70.6. The zero-order valence-corrected chi connectivity index (χ0v) is 27.1. The van der Waals surface area contributed by atoms with Gasteiger partial charge in [0.2, 0.25) is 0 Å². The van der Waals surface area contributed by atoms with Crippen LogP contribution in [-0.2, 0) is 14.8 Å². The number of urea groups is 1. The molecule has 0 aliphatic carbocycles. The first-order valence-corrected chi connectivity index (χ1v) is 16.5. The number of anilines is 3. The first kappa shape index (κ1) is 32.6. The number of nitrogens with one attached hydrogen (secondary N) is 3. The van der Waals surface area contributed by atoms with Gasteiger partial charge in [-0.1, -0.05) is 24.3 Å². The molecule has 0 radical (unpaired) electrons. The maximum Gasteiger partial charge on any atom is 0.318 e. The van der Waals surface area contributed by atoms with Gasteiger partial charge in [0.05, 0.1) is 26.0 Å². The second kappa shape index (κ2) is 13.4. The average Bonchev–Trinajstić information content (AvgIpc) is 3.08. The Labute approximate surface area is 276 Å². The highest BCUT2D eigenvalue weighted by molar-refractivity contribution is 7.92. The fraction of sp³-hybridized carbons (Fsp3) is 0.206. The summed E-state index contributed by atoms with van der Waals surface area (Å²) in [4.78, 5) is 23.0. The molecular formula is C34H32F2N6O5S. The number of aryl methyl sites for hydroxylation is 1. The zero-order valence-electron chi connectivity index (χ0n) is 26.3. The van der Waals surface area contributed by atoms with Gasteiger partial charge in [-0.3, -0.25) is 4.72 Å². The van der Waals surface area contributed by atoms with Gasteiger partial charge in [-0.15, -0.1) is 0 Å². The Balaban J connectivity index is 1.46. The summed E-state index contributed by atoms with van der Waals surface area (Å²) in [5.41, 5.74) is 2.06. The first-order valence-electron chi connectivity index (χ1n) is 15.0. The Morgan fingerprint density at radius 3 is 2.38 bits per heavy atom. The molecule has 1 aliphatic heterocycles. The second-order valence-corrected chi connectivity index (χ2v) is 12.6. The summed E-state index contributed by atoms with van der Waals surface area (Å²) in [6.07, 6.45) is 0. The highest BCUT2D eigenvalue weighted by Crippen LogP contribution is 2.39. The summed E-state index contributed by atoms with van der Waals surface area (Å²) in [6, 6.07) is 18.3. The molecule has 3 N–H and O–H groups in total. The lowest BCUT2D eigenvalue weighted by Crippen LogP contribution is -2.37. The average molecular weight is 675 g/mol. The Morgan fingerprint density at radius 1 is 0.958 bits per heavy atom. The molecule has 0 unspecified atom stereocenters. The van der Waals surface area contributed by atoms with Crippen LogP contribution in [0.2, 0.25) is 0 Å². The fourth-order valence-corrected chi connectivity index (χ4v) is 6.89. The number of hydrogen-bond donors (Lipinski definition) is 3. The molecule has 0 spiro atoms. The van der Waals surface area contributed by atoms with Crippen molar-refractivity contribution in [3.8, 4) is 28.3 Å². The largest absolute Gasteiger partial charge is 0.494 e. The van der Waals surface area contributed by atoms with E-state index in [9.17, 15) is 17.6 Å². The molecule has 0 bridgehead atoms.